The molecule has 0 spiro atoms. The smallest absolute Gasteiger partial charge is 0.326 e. The first kappa shape index (κ1) is 13.8. The van der Waals surface area contributed by atoms with Gasteiger partial charge in [0.1, 0.15) is 5.03 Å². The van der Waals surface area contributed by atoms with E-state index >= 15 is 0 Å². The van der Waals surface area contributed by atoms with Crippen LogP contribution in [-0.4, -0.2) is 19.7 Å². The Bertz CT molecular complexity index is 839. The van der Waals surface area contributed by atoms with Crippen molar-refractivity contribution in [2.45, 2.75) is 30.2 Å². The van der Waals surface area contributed by atoms with Gasteiger partial charge in [-0.2, -0.15) is 0 Å². The minimum Gasteiger partial charge on any atom is -0.326 e. The van der Waals surface area contributed by atoms with E-state index in [-0.39, 0.29) is 5.69 Å². The molecule has 2 aromatic heterocycles. The molecule has 0 radical (unpaired) electrons. The summed E-state index contributed by atoms with van der Waals surface area (Å²) >= 11 is 1.36. The van der Waals surface area contributed by atoms with E-state index < -0.39 is 0 Å². The van der Waals surface area contributed by atoms with Gasteiger partial charge in [-0.1, -0.05) is 18.2 Å². The molecule has 0 saturated carbocycles. The molecule has 6 nitrogen and oxygen atoms in total. The van der Waals surface area contributed by atoms with Gasteiger partial charge in [-0.15, -0.1) is 5.10 Å². The lowest BCUT2D eigenvalue weighted by Gasteiger charge is -2.08. The summed E-state index contributed by atoms with van der Waals surface area (Å²) in [5, 5.41) is 8.94. The highest BCUT2D eigenvalue weighted by Gasteiger charge is 2.13. The molecule has 0 saturated heterocycles. The number of fused-ring (bicyclic) bond motifs is 1. The average molecular weight is 301 g/mol. The normalized spacial score (nSPS) is 11.1. The van der Waals surface area contributed by atoms with Crippen molar-refractivity contribution in [2.75, 3.05) is 0 Å². The minimum atomic E-state index is -0.213. The van der Waals surface area contributed by atoms with Gasteiger partial charge in [-0.3, -0.25) is 4.57 Å². The van der Waals surface area contributed by atoms with Crippen molar-refractivity contribution >= 4 is 22.7 Å². The highest BCUT2D eigenvalue weighted by Crippen LogP contribution is 2.29. The maximum absolute atomic E-state index is 11.6. The zero-order valence-corrected chi connectivity index (χ0v) is 12.4. The van der Waals surface area contributed by atoms with Crippen molar-refractivity contribution in [3.8, 4) is 0 Å². The van der Waals surface area contributed by atoms with Gasteiger partial charge < -0.3 is 5.73 Å². The molecule has 0 aliphatic heterocycles. The Balaban J connectivity index is 2.08. The molecule has 3 aromatic rings. The molecular formula is C14H15N5OS. The van der Waals surface area contributed by atoms with Crippen LogP contribution in [0.5, 0.6) is 0 Å². The molecule has 0 fully saturated rings. The Morgan fingerprint density at radius 2 is 2.19 bits per heavy atom. The topological polar surface area (TPSA) is 89.6 Å². The number of aromatic amines is 1. The first-order valence-corrected chi connectivity index (χ1v) is 7.46. The van der Waals surface area contributed by atoms with E-state index in [1.54, 1.807) is 4.57 Å². The lowest BCUT2D eigenvalue weighted by molar-refractivity contribution is 0.660. The number of nitrogens with one attached hydrogen (secondary N) is 1. The summed E-state index contributed by atoms with van der Waals surface area (Å²) in [6.07, 6.45) is 0. The van der Waals surface area contributed by atoms with Crippen molar-refractivity contribution in [2.24, 2.45) is 5.73 Å². The number of benzene rings is 1. The van der Waals surface area contributed by atoms with Crippen LogP contribution >= 0.6 is 11.8 Å². The summed E-state index contributed by atoms with van der Waals surface area (Å²) in [5.74, 6) is 0. The fraction of sp³-hybridized carbons (Fsp3) is 0.214. The van der Waals surface area contributed by atoms with Gasteiger partial charge in [0.2, 0.25) is 0 Å². The third kappa shape index (κ3) is 2.57. The second-order valence-electron chi connectivity index (χ2n) is 4.51. The summed E-state index contributed by atoms with van der Waals surface area (Å²) in [6, 6.07) is 9.91. The molecule has 3 rings (SSSR count). The first-order valence-electron chi connectivity index (χ1n) is 6.64. The third-order valence-electron chi connectivity index (χ3n) is 3.21. The second-order valence-corrected chi connectivity index (χ2v) is 5.46. The third-order valence-corrected chi connectivity index (χ3v) is 4.25. The van der Waals surface area contributed by atoms with Gasteiger partial charge in [0.15, 0.2) is 5.16 Å². The Morgan fingerprint density at radius 1 is 1.38 bits per heavy atom. The SMILES string of the molecule is CCn1c(Sc2nc3ccccc3cc2CN)n[nH]c1=O. The molecule has 0 bridgehead atoms. The van der Waals surface area contributed by atoms with Gasteiger partial charge in [-0.25, -0.2) is 14.9 Å². The van der Waals surface area contributed by atoms with Crippen molar-refractivity contribution in [1.82, 2.24) is 19.7 Å². The van der Waals surface area contributed by atoms with E-state index in [9.17, 15) is 4.79 Å². The van der Waals surface area contributed by atoms with E-state index in [1.165, 1.54) is 11.8 Å². The maximum Gasteiger partial charge on any atom is 0.343 e. The van der Waals surface area contributed by atoms with Gasteiger partial charge >= 0.3 is 5.69 Å². The minimum absolute atomic E-state index is 0.213. The largest absolute Gasteiger partial charge is 0.343 e. The number of nitrogens with two attached hydrogens (primary N) is 1. The van der Waals surface area contributed by atoms with E-state index in [0.29, 0.717) is 18.2 Å². The van der Waals surface area contributed by atoms with Crippen LogP contribution in [0, 0.1) is 0 Å². The number of pyridine rings is 1. The number of H-pyrrole nitrogens is 1. The van der Waals surface area contributed by atoms with E-state index in [2.05, 4.69) is 15.2 Å². The Morgan fingerprint density at radius 3 is 2.95 bits per heavy atom. The van der Waals surface area contributed by atoms with Crippen LogP contribution in [0.3, 0.4) is 0 Å². The van der Waals surface area contributed by atoms with Crippen LogP contribution in [0.25, 0.3) is 10.9 Å². The second kappa shape index (κ2) is 5.71. The highest BCUT2D eigenvalue weighted by molar-refractivity contribution is 7.99. The predicted octanol–water partition coefficient (Wildman–Crippen LogP) is 1.75. The molecule has 1 aromatic carbocycles. The number of hydrogen-bond donors (Lipinski definition) is 2. The van der Waals surface area contributed by atoms with Crippen molar-refractivity contribution in [3.63, 3.8) is 0 Å². The number of nitrogens with zero attached hydrogens (tertiary/aromatic N) is 3. The number of aromatic nitrogens is 4. The van der Waals surface area contributed by atoms with Gasteiger partial charge in [0.05, 0.1) is 5.52 Å². The molecule has 0 aliphatic carbocycles. The zero-order chi connectivity index (χ0) is 14.8. The predicted molar refractivity (Wildman–Crippen MR) is 82.3 cm³/mol. The molecule has 0 unspecified atom stereocenters. The fourth-order valence-corrected chi connectivity index (χ4v) is 3.13. The van der Waals surface area contributed by atoms with Gasteiger partial charge in [0, 0.05) is 18.5 Å². The van der Waals surface area contributed by atoms with Crippen LogP contribution < -0.4 is 11.4 Å². The van der Waals surface area contributed by atoms with Gasteiger partial charge in [0.25, 0.3) is 0 Å². The molecule has 3 N–H and O–H groups in total. The van der Waals surface area contributed by atoms with Crippen molar-refractivity contribution in [1.29, 1.82) is 0 Å². The summed E-state index contributed by atoms with van der Waals surface area (Å²) in [4.78, 5) is 16.3. The number of rotatable bonds is 4. The first-order chi connectivity index (χ1) is 10.2. The molecule has 0 atom stereocenters. The summed E-state index contributed by atoms with van der Waals surface area (Å²) in [7, 11) is 0. The van der Waals surface area contributed by atoms with E-state index in [0.717, 1.165) is 21.5 Å². The van der Waals surface area contributed by atoms with Crippen LogP contribution in [-0.2, 0) is 13.1 Å². The Labute approximate surface area is 125 Å². The van der Waals surface area contributed by atoms with E-state index in [4.69, 9.17) is 5.73 Å². The lowest BCUT2D eigenvalue weighted by Crippen LogP contribution is -2.16. The molecule has 21 heavy (non-hydrogen) atoms. The number of para-hydroxylation sites is 1. The fourth-order valence-electron chi connectivity index (χ4n) is 2.12. The quantitative estimate of drug-likeness (QED) is 0.766. The van der Waals surface area contributed by atoms with Crippen molar-refractivity contribution in [3.05, 3.63) is 46.4 Å². The average Bonchev–Trinajstić information content (AvgIpc) is 2.86. The standard InChI is InChI=1S/C14H15N5OS/c1-2-19-13(20)17-18-14(19)21-12-10(8-15)7-9-5-3-4-6-11(9)16-12/h3-7H,2,8,15H2,1H3,(H,17,20). The van der Waals surface area contributed by atoms with E-state index in [1.807, 2.05) is 37.3 Å². The number of hydrogen-bond acceptors (Lipinski definition) is 5. The summed E-state index contributed by atoms with van der Waals surface area (Å²) in [5.41, 5.74) is 7.45. The molecule has 7 heteroatoms. The lowest BCUT2D eigenvalue weighted by atomic mass is 10.1. The molecule has 2 heterocycles. The van der Waals surface area contributed by atoms with Crippen LogP contribution in [0.15, 0.2) is 45.3 Å². The van der Waals surface area contributed by atoms with Crippen LogP contribution in [0.2, 0.25) is 0 Å². The van der Waals surface area contributed by atoms with Crippen LogP contribution in [0.4, 0.5) is 0 Å². The van der Waals surface area contributed by atoms with Gasteiger partial charge in [-0.05, 0) is 36.4 Å². The highest BCUT2D eigenvalue weighted by atomic mass is 32.2. The summed E-state index contributed by atoms with van der Waals surface area (Å²) in [6.45, 7) is 2.85. The monoisotopic (exact) mass is 301 g/mol. The molecular weight excluding hydrogens is 286 g/mol. The van der Waals surface area contributed by atoms with Crippen LogP contribution in [0.1, 0.15) is 12.5 Å². The van der Waals surface area contributed by atoms with Crippen molar-refractivity contribution < 1.29 is 0 Å². The molecule has 0 amide bonds. The Hall–Kier alpha value is -2.12. The molecule has 108 valence electrons. The Kier molecular flexibility index (Phi) is 3.76. The zero-order valence-electron chi connectivity index (χ0n) is 11.5. The maximum atomic E-state index is 11.6. The summed E-state index contributed by atoms with van der Waals surface area (Å²) < 4.78 is 1.57. The molecule has 0 aliphatic rings.